The van der Waals surface area contributed by atoms with Crippen molar-refractivity contribution in [2.45, 2.75) is 39.2 Å². The van der Waals surface area contributed by atoms with E-state index in [1.54, 1.807) is 0 Å². The predicted molar refractivity (Wildman–Crippen MR) is 68.0 cm³/mol. The van der Waals surface area contributed by atoms with Gasteiger partial charge in [0.15, 0.2) is 0 Å². The smallest absolute Gasteiger partial charge is 0.0716 e. The van der Waals surface area contributed by atoms with Crippen LogP contribution < -0.4 is 0 Å². The quantitative estimate of drug-likeness (QED) is 0.519. The molecule has 0 aliphatic heterocycles. The van der Waals surface area contributed by atoms with E-state index < -0.39 is 0 Å². The summed E-state index contributed by atoms with van der Waals surface area (Å²) in [6, 6.07) is 10.3. The molecule has 0 aromatic heterocycles. The number of benzene rings is 1. The first kappa shape index (κ1) is 12.8. The van der Waals surface area contributed by atoms with Crippen molar-refractivity contribution in [1.82, 2.24) is 0 Å². The first-order valence-corrected chi connectivity index (χ1v) is 6.01. The van der Waals surface area contributed by atoms with Gasteiger partial charge >= 0.3 is 0 Å². The van der Waals surface area contributed by atoms with E-state index in [0.29, 0.717) is 6.61 Å². The van der Waals surface area contributed by atoms with Gasteiger partial charge in [-0.25, -0.2) is 0 Å². The van der Waals surface area contributed by atoms with Crippen LogP contribution in [0.5, 0.6) is 0 Å². The second-order valence-corrected chi connectivity index (χ2v) is 3.75. The first-order chi connectivity index (χ1) is 7.93. The van der Waals surface area contributed by atoms with Crippen LogP contribution in [-0.2, 0) is 11.3 Å². The molecule has 0 aliphatic rings. The lowest BCUT2D eigenvalue weighted by Crippen LogP contribution is -1.94. The molecule has 0 saturated carbocycles. The van der Waals surface area contributed by atoms with E-state index in [2.05, 4.69) is 30.9 Å². The molecule has 0 saturated heterocycles. The molecule has 0 aliphatic carbocycles. The van der Waals surface area contributed by atoms with Crippen molar-refractivity contribution in [3.8, 4) is 11.8 Å². The van der Waals surface area contributed by atoms with Gasteiger partial charge in [0.2, 0.25) is 0 Å². The van der Waals surface area contributed by atoms with Crippen molar-refractivity contribution in [1.29, 1.82) is 0 Å². The van der Waals surface area contributed by atoms with Gasteiger partial charge < -0.3 is 4.74 Å². The second kappa shape index (κ2) is 9.00. The highest BCUT2D eigenvalue weighted by atomic mass is 16.5. The Morgan fingerprint density at radius 2 is 1.81 bits per heavy atom. The fraction of sp³-hybridized carbons (Fsp3) is 0.467. The fourth-order valence-corrected chi connectivity index (χ4v) is 1.33. The maximum absolute atomic E-state index is 5.56. The summed E-state index contributed by atoms with van der Waals surface area (Å²) in [5, 5.41) is 0. The highest BCUT2D eigenvalue weighted by Gasteiger charge is 1.90. The Morgan fingerprint density at radius 3 is 2.56 bits per heavy atom. The molecule has 0 bridgehead atoms. The summed E-state index contributed by atoms with van der Waals surface area (Å²) in [6.45, 7) is 3.66. The largest absolute Gasteiger partial charge is 0.377 e. The minimum atomic E-state index is 0.712. The highest BCUT2D eigenvalue weighted by molar-refractivity contribution is 5.13. The van der Waals surface area contributed by atoms with Gasteiger partial charge in [-0.2, -0.15) is 0 Å². The molecular weight excluding hydrogens is 196 g/mol. The standard InChI is InChI=1S/C15H20O/c1-2-3-4-5-6-10-13-16-14-15-11-8-7-9-12-15/h7-9,11-12H,2-3,6,10,13-14H2,1H3. The molecule has 1 nitrogen and oxygen atoms in total. The summed E-state index contributed by atoms with van der Waals surface area (Å²) >= 11 is 0. The molecule has 0 N–H and O–H groups in total. The van der Waals surface area contributed by atoms with Crippen molar-refractivity contribution >= 4 is 0 Å². The molecular formula is C15H20O. The number of rotatable bonds is 6. The number of hydrogen-bond donors (Lipinski definition) is 0. The topological polar surface area (TPSA) is 9.23 Å². The summed E-state index contributed by atoms with van der Waals surface area (Å²) in [5.41, 5.74) is 1.24. The van der Waals surface area contributed by atoms with E-state index in [1.807, 2.05) is 18.2 Å². The molecule has 0 unspecified atom stereocenters. The van der Waals surface area contributed by atoms with Crippen LogP contribution in [-0.4, -0.2) is 6.61 Å². The van der Waals surface area contributed by atoms with E-state index in [9.17, 15) is 0 Å². The van der Waals surface area contributed by atoms with Crippen LogP contribution in [0.4, 0.5) is 0 Å². The van der Waals surface area contributed by atoms with E-state index in [-0.39, 0.29) is 0 Å². The lowest BCUT2D eigenvalue weighted by molar-refractivity contribution is 0.119. The van der Waals surface area contributed by atoms with Crippen molar-refractivity contribution in [3.05, 3.63) is 35.9 Å². The van der Waals surface area contributed by atoms with Crippen LogP contribution in [0, 0.1) is 11.8 Å². The normalized spacial score (nSPS) is 9.56. The summed E-state index contributed by atoms with van der Waals surface area (Å²) in [7, 11) is 0. The SMILES string of the molecule is CCCC#CCCCOCc1ccccc1. The zero-order valence-corrected chi connectivity index (χ0v) is 10.0. The van der Waals surface area contributed by atoms with Gasteiger partial charge in [-0.05, 0) is 18.4 Å². The monoisotopic (exact) mass is 216 g/mol. The Hall–Kier alpha value is -1.26. The van der Waals surface area contributed by atoms with Crippen molar-refractivity contribution in [2.24, 2.45) is 0 Å². The van der Waals surface area contributed by atoms with Crippen molar-refractivity contribution in [2.75, 3.05) is 6.61 Å². The van der Waals surface area contributed by atoms with Gasteiger partial charge in [0, 0.05) is 19.4 Å². The average molecular weight is 216 g/mol. The number of hydrogen-bond acceptors (Lipinski definition) is 1. The molecule has 86 valence electrons. The molecule has 0 spiro atoms. The molecule has 1 heteroatoms. The van der Waals surface area contributed by atoms with E-state index in [0.717, 1.165) is 32.3 Å². The molecule has 1 rings (SSSR count). The van der Waals surface area contributed by atoms with Gasteiger partial charge in [-0.1, -0.05) is 37.3 Å². The molecule has 1 aromatic rings. The van der Waals surface area contributed by atoms with Gasteiger partial charge in [-0.3, -0.25) is 0 Å². The van der Waals surface area contributed by atoms with Crippen LogP contribution in [0.25, 0.3) is 0 Å². The third kappa shape index (κ3) is 6.27. The second-order valence-electron chi connectivity index (χ2n) is 3.75. The minimum Gasteiger partial charge on any atom is -0.377 e. The molecule has 16 heavy (non-hydrogen) atoms. The third-order valence-electron chi connectivity index (χ3n) is 2.20. The number of unbranched alkanes of at least 4 members (excludes halogenated alkanes) is 2. The summed E-state index contributed by atoms with van der Waals surface area (Å²) in [6.07, 6.45) is 4.15. The van der Waals surface area contributed by atoms with E-state index in [4.69, 9.17) is 4.74 Å². The number of ether oxygens (including phenoxy) is 1. The Labute approximate surface area is 98.8 Å². The zero-order valence-electron chi connectivity index (χ0n) is 10.0. The van der Waals surface area contributed by atoms with Crippen molar-refractivity contribution in [3.63, 3.8) is 0 Å². The Bertz CT molecular complexity index is 318. The lowest BCUT2D eigenvalue weighted by Gasteiger charge is -2.02. The summed E-state index contributed by atoms with van der Waals surface area (Å²) in [5.74, 6) is 6.29. The van der Waals surface area contributed by atoms with E-state index >= 15 is 0 Å². The van der Waals surface area contributed by atoms with Crippen LogP contribution in [0.1, 0.15) is 38.2 Å². The first-order valence-electron chi connectivity index (χ1n) is 6.01. The maximum atomic E-state index is 5.56. The third-order valence-corrected chi connectivity index (χ3v) is 2.20. The lowest BCUT2D eigenvalue weighted by atomic mass is 10.2. The fourth-order valence-electron chi connectivity index (χ4n) is 1.33. The van der Waals surface area contributed by atoms with Gasteiger partial charge in [0.05, 0.1) is 6.61 Å². The van der Waals surface area contributed by atoms with Crippen LogP contribution >= 0.6 is 0 Å². The average Bonchev–Trinajstić information content (AvgIpc) is 2.34. The molecule has 0 atom stereocenters. The zero-order chi connectivity index (χ0) is 11.5. The predicted octanol–water partition coefficient (Wildman–Crippen LogP) is 3.79. The molecule has 0 fully saturated rings. The summed E-state index contributed by atoms with van der Waals surface area (Å²) < 4.78 is 5.56. The van der Waals surface area contributed by atoms with Crippen LogP contribution in [0.2, 0.25) is 0 Å². The highest BCUT2D eigenvalue weighted by Crippen LogP contribution is 2.01. The van der Waals surface area contributed by atoms with Gasteiger partial charge in [0.1, 0.15) is 0 Å². The summed E-state index contributed by atoms with van der Waals surface area (Å²) in [4.78, 5) is 0. The Balaban J connectivity index is 1.99. The maximum Gasteiger partial charge on any atom is 0.0716 e. The van der Waals surface area contributed by atoms with Crippen LogP contribution in [0.3, 0.4) is 0 Å². The molecule has 0 radical (unpaired) electrons. The minimum absolute atomic E-state index is 0.712. The van der Waals surface area contributed by atoms with Crippen molar-refractivity contribution < 1.29 is 4.74 Å². The molecule has 0 heterocycles. The molecule has 1 aromatic carbocycles. The Morgan fingerprint density at radius 1 is 1.06 bits per heavy atom. The Kier molecular flexibility index (Phi) is 7.21. The molecule has 0 amide bonds. The van der Waals surface area contributed by atoms with E-state index in [1.165, 1.54) is 5.56 Å². The van der Waals surface area contributed by atoms with Gasteiger partial charge in [-0.15, -0.1) is 11.8 Å². The van der Waals surface area contributed by atoms with Gasteiger partial charge in [0.25, 0.3) is 0 Å². The van der Waals surface area contributed by atoms with Crippen LogP contribution in [0.15, 0.2) is 30.3 Å².